The molecule has 2 rings (SSSR count). The Labute approximate surface area is 174 Å². The maximum Gasteiger partial charge on any atom is 0.339 e. The van der Waals surface area contributed by atoms with Crippen LogP contribution in [0.5, 0.6) is 0 Å². The molecule has 1 atom stereocenters. The summed E-state index contributed by atoms with van der Waals surface area (Å²) in [4.78, 5) is 34.7. The number of nitrogens with zero attached hydrogens (tertiary/aromatic N) is 1. The maximum atomic E-state index is 12.6. The first-order valence-electron chi connectivity index (χ1n) is 9.06. The van der Waals surface area contributed by atoms with Crippen molar-refractivity contribution in [3.05, 3.63) is 69.3 Å². The molecule has 160 valence electrons. The second-order valence-electron chi connectivity index (χ2n) is 7.95. The first-order valence-corrected chi connectivity index (χ1v) is 10.9. The largest absolute Gasteiger partial charge is 0.451 e. The normalized spacial score (nSPS) is 12.8. The number of esters is 1. The van der Waals surface area contributed by atoms with Crippen LogP contribution in [0.2, 0.25) is 0 Å². The Balaban J connectivity index is 2.22. The highest BCUT2D eigenvalue weighted by atomic mass is 32.2. The molecule has 0 fully saturated rings. The van der Waals surface area contributed by atoms with Crippen molar-refractivity contribution < 1.29 is 27.7 Å². The molecule has 0 bridgehead atoms. The fourth-order valence-corrected chi connectivity index (χ4v) is 3.58. The molecule has 2 aromatic rings. The van der Waals surface area contributed by atoms with Gasteiger partial charge in [0, 0.05) is 17.9 Å². The Hall–Kier alpha value is -3.07. The highest BCUT2D eigenvalue weighted by molar-refractivity contribution is 7.90. The van der Waals surface area contributed by atoms with E-state index in [-0.39, 0.29) is 11.0 Å². The Bertz CT molecular complexity index is 1100. The van der Waals surface area contributed by atoms with Crippen LogP contribution in [0.25, 0.3) is 0 Å². The Morgan fingerprint density at radius 2 is 1.57 bits per heavy atom. The number of carbonyl (C=O) groups is 2. The van der Waals surface area contributed by atoms with Crippen LogP contribution < -0.4 is 0 Å². The maximum absolute atomic E-state index is 12.6. The van der Waals surface area contributed by atoms with Crippen LogP contribution in [0.4, 0.5) is 5.69 Å². The van der Waals surface area contributed by atoms with E-state index in [0.717, 1.165) is 30.0 Å². The van der Waals surface area contributed by atoms with Gasteiger partial charge in [0.25, 0.3) is 5.69 Å². The second-order valence-corrected chi connectivity index (χ2v) is 9.94. The number of ketones is 1. The molecular formula is C21H23NO7S. The molecule has 0 unspecified atom stereocenters. The summed E-state index contributed by atoms with van der Waals surface area (Å²) in [5, 5.41) is 11.2. The van der Waals surface area contributed by atoms with Crippen LogP contribution in [-0.2, 0) is 20.0 Å². The second kappa shape index (κ2) is 8.35. The highest BCUT2D eigenvalue weighted by Crippen LogP contribution is 2.26. The summed E-state index contributed by atoms with van der Waals surface area (Å²) in [7, 11) is -3.86. The fourth-order valence-electron chi connectivity index (χ4n) is 2.75. The number of nitro groups is 1. The molecule has 0 radical (unpaired) electrons. The van der Waals surface area contributed by atoms with Crippen LogP contribution >= 0.6 is 0 Å². The van der Waals surface area contributed by atoms with E-state index in [4.69, 9.17) is 4.74 Å². The van der Waals surface area contributed by atoms with Crippen molar-refractivity contribution in [1.29, 1.82) is 0 Å². The van der Waals surface area contributed by atoms with Gasteiger partial charge in [-0.2, -0.15) is 0 Å². The van der Waals surface area contributed by atoms with Gasteiger partial charge in [0.2, 0.25) is 5.78 Å². The third kappa shape index (κ3) is 5.29. The van der Waals surface area contributed by atoms with Gasteiger partial charge in [-0.05, 0) is 30.0 Å². The number of ether oxygens (including phenoxy) is 1. The molecule has 0 amide bonds. The molecular weight excluding hydrogens is 410 g/mol. The summed E-state index contributed by atoms with van der Waals surface area (Å²) in [6.45, 7) is 7.53. The van der Waals surface area contributed by atoms with Gasteiger partial charge in [-0.15, -0.1) is 0 Å². The zero-order valence-electron chi connectivity index (χ0n) is 17.3. The van der Waals surface area contributed by atoms with E-state index in [0.29, 0.717) is 5.56 Å². The summed E-state index contributed by atoms with van der Waals surface area (Å²) >= 11 is 0. The topological polar surface area (TPSA) is 121 Å². The van der Waals surface area contributed by atoms with Crippen molar-refractivity contribution in [2.24, 2.45) is 0 Å². The molecule has 30 heavy (non-hydrogen) atoms. The molecule has 0 N–H and O–H groups in total. The minimum Gasteiger partial charge on any atom is -0.451 e. The first kappa shape index (κ1) is 23.2. The number of rotatable bonds is 6. The quantitative estimate of drug-likeness (QED) is 0.294. The number of carbonyl (C=O) groups excluding carboxylic acids is 2. The molecule has 2 aromatic carbocycles. The van der Waals surface area contributed by atoms with Crippen molar-refractivity contribution in [1.82, 2.24) is 0 Å². The van der Waals surface area contributed by atoms with Crippen molar-refractivity contribution in [3.63, 3.8) is 0 Å². The molecule has 8 nitrogen and oxygen atoms in total. The lowest BCUT2D eigenvalue weighted by atomic mass is 9.86. The van der Waals surface area contributed by atoms with Gasteiger partial charge < -0.3 is 4.74 Å². The van der Waals surface area contributed by atoms with Gasteiger partial charge in [0.05, 0.1) is 10.5 Å². The van der Waals surface area contributed by atoms with E-state index in [1.165, 1.54) is 6.92 Å². The molecule has 0 aliphatic rings. The van der Waals surface area contributed by atoms with Crippen molar-refractivity contribution >= 4 is 27.3 Å². The van der Waals surface area contributed by atoms with Crippen LogP contribution in [0.3, 0.4) is 0 Å². The number of nitro benzene ring substituents is 1. The zero-order chi connectivity index (χ0) is 22.9. The number of benzene rings is 2. The monoisotopic (exact) mass is 433 g/mol. The lowest BCUT2D eigenvalue weighted by molar-refractivity contribution is -0.387. The smallest absolute Gasteiger partial charge is 0.339 e. The van der Waals surface area contributed by atoms with Crippen molar-refractivity contribution in [2.75, 3.05) is 6.26 Å². The van der Waals surface area contributed by atoms with Crippen LogP contribution in [-0.4, -0.2) is 37.5 Å². The summed E-state index contributed by atoms with van der Waals surface area (Å²) < 4.78 is 28.5. The van der Waals surface area contributed by atoms with Gasteiger partial charge in [-0.25, -0.2) is 13.2 Å². The number of hydrogen-bond acceptors (Lipinski definition) is 7. The molecule has 0 saturated carbocycles. The van der Waals surface area contributed by atoms with Gasteiger partial charge in [0.1, 0.15) is 4.90 Å². The lowest BCUT2D eigenvalue weighted by Gasteiger charge is -2.19. The van der Waals surface area contributed by atoms with E-state index in [9.17, 15) is 28.1 Å². The van der Waals surface area contributed by atoms with E-state index < -0.39 is 43.2 Å². The van der Waals surface area contributed by atoms with E-state index in [1.807, 2.05) is 32.9 Å². The molecule has 0 heterocycles. The van der Waals surface area contributed by atoms with Crippen LogP contribution in [0.1, 0.15) is 54.0 Å². The van der Waals surface area contributed by atoms with Crippen molar-refractivity contribution in [2.45, 2.75) is 44.1 Å². The Morgan fingerprint density at radius 3 is 2.03 bits per heavy atom. The summed E-state index contributed by atoms with van der Waals surface area (Å²) in [6.07, 6.45) is -0.300. The Kier molecular flexibility index (Phi) is 6.46. The number of Topliss-reactive ketones (excluding diaryl/α,β-unsaturated/α-hetero) is 1. The highest BCUT2D eigenvalue weighted by Gasteiger charge is 2.26. The minimum absolute atomic E-state index is 0.0769. The van der Waals surface area contributed by atoms with E-state index in [2.05, 4.69) is 0 Å². The third-order valence-corrected chi connectivity index (χ3v) is 5.62. The van der Waals surface area contributed by atoms with Gasteiger partial charge in [-0.1, -0.05) is 45.0 Å². The van der Waals surface area contributed by atoms with Crippen LogP contribution in [0.15, 0.2) is 47.4 Å². The average Bonchev–Trinajstić information content (AvgIpc) is 2.65. The Morgan fingerprint density at radius 1 is 1.03 bits per heavy atom. The average molecular weight is 433 g/mol. The summed E-state index contributed by atoms with van der Waals surface area (Å²) in [6, 6.07) is 9.87. The van der Waals surface area contributed by atoms with Crippen molar-refractivity contribution in [3.8, 4) is 0 Å². The molecule has 0 aromatic heterocycles. The van der Waals surface area contributed by atoms with E-state index in [1.54, 1.807) is 12.1 Å². The predicted octanol–water partition coefficient (Wildman–Crippen LogP) is 3.72. The van der Waals surface area contributed by atoms with Gasteiger partial charge >= 0.3 is 5.97 Å². The zero-order valence-corrected chi connectivity index (χ0v) is 18.1. The fraction of sp³-hybridized carbons (Fsp3) is 0.333. The summed E-state index contributed by atoms with van der Waals surface area (Å²) in [5.74, 6) is -1.39. The predicted molar refractivity (Wildman–Crippen MR) is 111 cm³/mol. The van der Waals surface area contributed by atoms with E-state index >= 15 is 0 Å². The SMILES string of the molecule is C[C@H](OC(=O)c1ccc(S(C)(=O)=O)c([N+](=O)[O-])c1)C(=O)c1ccc(C(C)(C)C)cc1. The molecule has 0 spiro atoms. The number of hydrogen-bond donors (Lipinski definition) is 0. The molecule has 0 aliphatic carbocycles. The molecule has 9 heteroatoms. The molecule has 0 saturated heterocycles. The minimum atomic E-state index is -3.86. The lowest BCUT2D eigenvalue weighted by Crippen LogP contribution is -2.24. The van der Waals surface area contributed by atoms with Gasteiger partial charge in [0.15, 0.2) is 15.9 Å². The van der Waals surface area contributed by atoms with Gasteiger partial charge in [-0.3, -0.25) is 14.9 Å². The van der Waals surface area contributed by atoms with Crippen LogP contribution in [0, 0.1) is 10.1 Å². The number of sulfone groups is 1. The first-order chi connectivity index (χ1) is 13.7. The summed E-state index contributed by atoms with van der Waals surface area (Å²) in [5.41, 5.74) is 0.371. The molecule has 0 aliphatic heterocycles. The standard InChI is InChI=1S/C21H23NO7S/c1-13(19(23)14-6-9-16(10-7-14)21(2,3)4)29-20(24)15-8-11-18(30(5,27)28)17(12-15)22(25)26/h6-13H,1-5H3/t13-/m0/s1. The third-order valence-electron chi connectivity index (χ3n) is 4.48.